The van der Waals surface area contributed by atoms with Crippen molar-refractivity contribution >= 4 is 5.69 Å². The van der Waals surface area contributed by atoms with Gasteiger partial charge >= 0.3 is 0 Å². The van der Waals surface area contributed by atoms with E-state index in [-0.39, 0.29) is 5.56 Å². The summed E-state index contributed by atoms with van der Waals surface area (Å²) >= 11 is 0. The maximum Gasteiger partial charge on any atom is 0.290 e. The maximum absolute atomic E-state index is 11.9. The topological polar surface area (TPSA) is 30.2 Å². The second-order valence-electron chi connectivity index (χ2n) is 4.15. The van der Waals surface area contributed by atoms with Crippen molar-refractivity contribution in [3.63, 3.8) is 0 Å². The van der Waals surface area contributed by atoms with E-state index >= 15 is 0 Å². The summed E-state index contributed by atoms with van der Waals surface area (Å²) in [7, 11) is 0. The molecule has 0 atom stereocenters. The normalized spacial score (nSPS) is 20.4. The number of hydrogen-bond acceptors (Lipinski definition) is 2. The number of aromatic nitrogens is 2. The zero-order valence-corrected chi connectivity index (χ0v) is 8.28. The lowest BCUT2D eigenvalue weighted by atomic mass is 10.4. The molecule has 0 unspecified atom stereocenters. The standard InChI is InChI=1S/C10H15N3O/c14-10-9(11-4-1-2-5-11)8-12-6-3-7-13(10)12/h8H,1-7H2. The van der Waals surface area contributed by atoms with Gasteiger partial charge < -0.3 is 4.90 Å². The molecule has 76 valence electrons. The van der Waals surface area contributed by atoms with Gasteiger partial charge in [0.15, 0.2) is 0 Å². The average Bonchev–Trinajstić information content (AvgIpc) is 2.84. The van der Waals surface area contributed by atoms with Crippen LogP contribution < -0.4 is 10.5 Å². The Kier molecular flexibility index (Phi) is 1.69. The molecule has 0 N–H and O–H groups in total. The quantitative estimate of drug-likeness (QED) is 0.655. The first kappa shape index (κ1) is 8.15. The minimum absolute atomic E-state index is 0.212. The molecule has 4 heteroatoms. The number of rotatable bonds is 1. The summed E-state index contributed by atoms with van der Waals surface area (Å²) in [5, 5.41) is 0. The van der Waals surface area contributed by atoms with Crippen LogP contribution in [0.1, 0.15) is 19.3 Å². The minimum atomic E-state index is 0.212. The number of fused-ring (bicyclic) bond motifs is 1. The van der Waals surface area contributed by atoms with E-state index in [9.17, 15) is 4.79 Å². The first-order chi connectivity index (χ1) is 6.86. The van der Waals surface area contributed by atoms with Crippen LogP contribution in [-0.2, 0) is 13.1 Å². The highest BCUT2D eigenvalue weighted by Gasteiger charge is 2.21. The van der Waals surface area contributed by atoms with E-state index in [1.54, 1.807) is 0 Å². The van der Waals surface area contributed by atoms with Crippen LogP contribution >= 0.6 is 0 Å². The van der Waals surface area contributed by atoms with E-state index in [0.717, 1.165) is 38.3 Å². The molecule has 0 aromatic carbocycles. The summed E-state index contributed by atoms with van der Waals surface area (Å²) in [6, 6.07) is 0. The maximum atomic E-state index is 11.9. The van der Waals surface area contributed by atoms with Crippen LogP contribution in [0.3, 0.4) is 0 Å². The van der Waals surface area contributed by atoms with Crippen molar-refractivity contribution in [2.45, 2.75) is 32.4 Å². The highest BCUT2D eigenvalue weighted by molar-refractivity contribution is 5.43. The van der Waals surface area contributed by atoms with Crippen molar-refractivity contribution in [3.8, 4) is 0 Å². The lowest BCUT2D eigenvalue weighted by Gasteiger charge is -2.13. The number of aryl methyl sites for hydroxylation is 1. The lowest BCUT2D eigenvalue weighted by Crippen LogP contribution is -2.26. The number of anilines is 1. The molecule has 0 radical (unpaired) electrons. The predicted octanol–water partition coefficient (Wildman–Crippen LogP) is 0.654. The van der Waals surface area contributed by atoms with Crippen molar-refractivity contribution in [2.75, 3.05) is 18.0 Å². The van der Waals surface area contributed by atoms with Crippen LogP contribution in [-0.4, -0.2) is 22.5 Å². The molecule has 0 aliphatic carbocycles. The van der Waals surface area contributed by atoms with Crippen molar-refractivity contribution in [2.24, 2.45) is 0 Å². The highest BCUT2D eigenvalue weighted by atomic mass is 16.1. The van der Waals surface area contributed by atoms with Gasteiger partial charge in [-0.3, -0.25) is 9.48 Å². The van der Waals surface area contributed by atoms with Gasteiger partial charge in [0, 0.05) is 26.2 Å². The van der Waals surface area contributed by atoms with Crippen LogP contribution in [0.2, 0.25) is 0 Å². The Morgan fingerprint density at radius 2 is 1.79 bits per heavy atom. The van der Waals surface area contributed by atoms with E-state index in [1.807, 2.05) is 10.9 Å². The third kappa shape index (κ3) is 1.03. The Morgan fingerprint density at radius 1 is 1.00 bits per heavy atom. The van der Waals surface area contributed by atoms with Gasteiger partial charge in [-0.25, -0.2) is 4.68 Å². The molecule has 1 aromatic rings. The molecule has 0 saturated carbocycles. The Balaban J connectivity index is 2.02. The Morgan fingerprint density at radius 3 is 2.50 bits per heavy atom. The van der Waals surface area contributed by atoms with Gasteiger partial charge in [-0.1, -0.05) is 0 Å². The summed E-state index contributed by atoms with van der Waals surface area (Å²) in [6.07, 6.45) is 5.59. The van der Waals surface area contributed by atoms with Gasteiger partial charge in [0.2, 0.25) is 0 Å². The Bertz CT molecular complexity index is 398. The van der Waals surface area contributed by atoms with Crippen molar-refractivity contribution < 1.29 is 0 Å². The molecule has 3 heterocycles. The van der Waals surface area contributed by atoms with Crippen LogP contribution in [0.25, 0.3) is 0 Å². The fourth-order valence-electron chi connectivity index (χ4n) is 2.49. The summed E-state index contributed by atoms with van der Waals surface area (Å²) in [6.45, 7) is 4.01. The van der Waals surface area contributed by atoms with Crippen LogP contribution in [0.5, 0.6) is 0 Å². The first-order valence-electron chi connectivity index (χ1n) is 5.41. The van der Waals surface area contributed by atoms with Crippen molar-refractivity contribution in [1.82, 2.24) is 9.36 Å². The molecule has 1 saturated heterocycles. The fraction of sp³-hybridized carbons (Fsp3) is 0.700. The lowest BCUT2D eigenvalue weighted by molar-refractivity contribution is 0.594. The smallest absolute Gasteiger partial charge is 0.290 e. The molecule has 0 spiro atoms. The van der Waals surface area contributed by atoms with Crippen molar-refractivity contribution in [1.29, 1.82) is 0 Å². The largest absolute Gasteiger partial charge is 0.366 e. The van der Waals surface area contributed by atoms with E-state index in [0.29, 0.717) is 0 Å². The molecule has 0 amide bonds. The molecule has 14 heavy (non-hydrogen) atoms. The average molecular weight is 193 g/mol. The van der Waals surface area contributed by atoms with Gasteiger partial charge in [-0.2, -0.15) is 0 Å². The monoisotopic (exact) mass is 193 g/mol. The summed E-state index contributed by atoms with van der Waals surface area (Å²) in [5.74, 6) is 0. The molecular formula is C10H15N3O. The SMILES string of the molecule is O=c1c(N2CCCC2)cn2n1CCC2. The number of hydrogen-bond donors (Lipinski definition) is 0. The van der Waals surface area contributed by atoms with Gasteiger partial charge in [0.1, 0.15) is 5.69 Å². The van der Waals surface area contributed by atoms with Gasteiger partial charge in [-0.15, -0.1) is 0 Å². The van der Waals surface area contributed by atoms with E-state index in [1.165, 1.54) is 12.8 Å². The molecular weight excluding hydrogens is 178 g/mol. The molecule has 3 rings (SSSR count). The summed E-state index contributed by atoms with van der Waals surface area (Å²) in [5.41, 5.74) is 1.13. The molecule has 1 aromatic heterocycles. The van der Waals surface area contributed by atoms with Gasteiger partial charge in [-0.05, 0) is 19.3 Å². The number of nitrogens with zero attached hydrogens (tertiary/aromatic N) is 3. The minimum Gasteiger partial charge on any atom is -0.366 e. The molecule has 2 aliphatic rings. The van der Waals surface area contributed by atoms with Crippen molar-refractivity contribution in [3.05, 3.63) is 16.6 Å². The zero-order valence-electron chi connectivity index (χ0n) is 8.28. The second kappa shape index (κ2) is 2.90. The zero-order chi connectivity index (χ0) is 9.54. The summed E-state index contributed by atoms with van der Waals surface area (Å²) < 4.78 is 3.93. The fourth-order valence-corrected chi connectivity index (χ4v) is 2.49. The summed E-state index contributed by atoms with van der Waals surface area (Å²) in [4.78, 5) is 14.2. The first-order valence-corrected chi connectivity index (χ1v) is 5.41. The Labute approximate surface area is 82.7 Å². The Hall–Kier alpha value is -1.19. The third-order valence-corrected chi connectivity index (χ3v) is 3.24. The second-order valence-corrected chi connectivity index (χ2v) is 4.15. The van der Waals surface area contributed by atoms with E-state index < -0.39 is 0 Å². The van der Waals surface area contributed by atoms with Crippen LogP contribution in [0.15, 0.2) is 11.0 Å². The predicted molar refractivity (Wildman–Crippen MR) is 54.8 cm³/mol. The molecule has 0 bridgehead atoms. The molecule has 4 nitrogen and oxygen atoms in total. The highest BCUT2D eigenvalue weighted by Crippen LogP contribution is 2.18. The van der Waals surface area contributed by atoms with Gasteiger partial charge in [0.25, 0.3) is 5.56 Å². The van der Waals surface area contributed by atoms with Crippen LogP contribution in [0, 0.1) is 0 Å². The van der Waals surface area contributed by atoms with E-state index in [4.69, 9.17) is 0 Å². The van der Waals surface area contributed by atoms with E-state index in [2.05, 4.69) is 9.58 Å². The van der Waals surface area contributed by atoms with Crippen LogP contribution in [0.4, 0.5) is 5.69 Å². The third-order valence-electron chi connectivity index (χ3n) is 3.24. The molecule has 2 aliphatic heterocycles. The van der Waals surface area contributed by atoms with Gasteiger partial charge in [0.05, 0.1) is 6.20 Å². The molecule has 1 fully saturated rings.